The molecule has 33 heavy (non-hydrogen) atoms. The van der Waals surface area contributed by atoms with E-state index in [0.29, 0.717) is 48.2 Å². The van der Waals surface area contributed by atoms with Crippen LogP contribution in [0.5, 0.6) is 5.75 Å². The highest BCUT2D eigenvalue weighted by molar-refractivity contribution is 5.56. The van der Waals surface area contributed by atoms with E-state index in [9.17, 15) is 4.79 Å². The Morgan fingerprint density at radius 2 is 1.91 bits per heavy atom. The molecular weight excluding hydrogens is 420 g/mol. The highest BCUT2D eigenvalue weighted by Gasteiger charge is 2.09. The van der Waals surface area contributed by atoms with Crippen molar-refractivity contribution >= 4 is 0 Å². The molecule has 0 bridgehead atoms. The molecule has 4 rings (SSSR count). The van der Waals surface area contributed by atoms with Gasteiger partial charge in [-0.2, -0.15) is 10.4 Å². The number of benzene rings is 1. The maximum atomic E-state index is 12.4. The number of ether oxygens (including phenoxy) is 2. The standard InChI is InChI=1S/C24H20N6O3/c1-32-7-8-33-21-15-27-24(28-16-21)19-4-2-3-17(9-19)11-22-23(31)5-6-30(29-22)20-10-18(12-25)13-26-14-20/h2-6,9-10,13-16H,7-8,11H2,1H3. The number of pyridine rings is 1. The van der Waals surface area contributed by atoms with Crippen LogP contribution in [0.3, 0.4) is 0 Å². The van der Waals surface area contributed by atoms with Crippen LogP contribution in [0, 0.1) is 11.3 Å². The number of aromatic nitrogens is 5. The van der Waals surface area contributed by atoms with Crippen molar-refractivity contribution in [3.05, 3.63) is 94.4 Å². The SMILES string of the molecule is COCCOc1cnc(-c2cccc(Cc3nn(-c4cncc(C#N)c4)ccc3=O)c2)nc1. The number of nitrogens with zero attached hydrogens (tertiary/aromatic N) is 6. The van der Waals surface area contributed by atoms with Crippen molar-refractivity contribution in [1.82, 2.24) is 24.7 Å². The Hall–Kier alpha value is -4.42. The number of hydrogen-bond donors (Lipinski definition) is 0. The van der Waals surface area contributed by atoms with E-state index in [2.05, 4.69) is 26.1 Å². The Balaban J connectivity index is 1.55. The molecule has 0 atom stereocenters. The Labute approximate surface area is 189 Å². The van der Waals surface area contributed by atoms with Crippen LogP contribution in [0.2, 0.25) is 0 Å². The van der Waals surface area contributed by atoms with Gasteiger partial charge in [-0.3, -0.25) is 9.78 Å². The summed E-state index contributed by atoms with van der Waals surface area (Å²) < 4.78 is 12.0. The van der Waals surface area contributed by atoms with E-state index >= 15 is 0 Å². The predicted molar refractivity (Wildman–Crippen MR) is 120 cm³/mol. The number of nitriles is 1. The Kier molecular flexibility index (Phi) is 6.78. The summed E-state index contributed by atoms with van der Waals surface area (Å²) in [5.41, 5.74) is 2.93. The first-order valence-corrected chi connectivity index (χ1v) is 10.1. The molecule has 3 aromatic heterocycles. The molecular formula is C24H20N6O3. The molecule has 3 heterocycles. The highest BCUT2D eigenvalue weighted by atomic mass is 16.5. The van der Waals surface area contributed by atoms with Gasteiger partial charge in [0.15, 0.2) is 11.6 Å². The molecule has 0 spiro atoms. The van der Waals surface area contributed by atoms with Gasteiger partial charge in [0, 0.05) is 37.6 Å². The van der Waals surface area contributed by atoms with Crippen LogP contribution in [0.15, 0.2) is 72.2 Å². The third kappa shape index (κ3) is 5.44. The van der Waals surface area contributed by atoms with Crippen LogP contribution in [-0.2, 0) is 11.2 Å². The van der Waals surface area contributed by atoms with Crippen LogP contribution < -0.4 is 10.2 Å². The maximum Gasteiger partial charge on any atom is 0.203 e. The zero-order valence-corrected chi connectivity index (χ0v) is 17.9. The van der Waals surface area contributed by atoms with Gasteiger partial charge in [0.25, 0.3) is 0 Å². The predicted octanol–water partition coefficient (Wildman–Crippen LogP) is 2.57. The molecule has 0 aliphatic rings. The maximum absolute atomic E-state index is 12.4. The summed E-state index contributed by atoms with van der Waals surface area (Å²) in [7, 11) is 1.61. The lowest BCUT2D eigenvalue weighted by Gasteiger charge is -2.09. The average molecular weight is 440 g/mol. The zero-order chi connectivity index (χ0) is 23.0. The van der Waals surface area contributed by atoms with Gasteiger partial charge in [0.1, 0.15) is 18.4 Å². The fraction of sp³-hybridized carbons (Fsp3) is 0.167. The fourth-order valence-electron chi connectivity index (χ4n) is 3.12. The lowest BCUT2D eigenvalue weighted by Crippen LogP contribution is -2.16. The average Bonchev–Trinajstić information content (AvgIpc) is 2.86. The van der Waals surface area contributed by atoms with Gasteiger partial charge in [-0.05, 0) is 17.7 Å². The summed E-state index contributed by atoms with van der Waals surface area (Å²) in [6.07, 6.45) is 8.18. The molecule has 9 heteroatoms. The first-order valence-electron chi connectivity index (χ1n) is 10.1. The van der Waals surface area contributed by atoms with Crippen molar-refractivity contribution < 1.29 is 9.47 Å². The van der Waals surface area contributed by atoms with Crippen LogP contribution in [0.4, 0.5) is 0 Å². The monoisotopic (exact) mass is 440 g/mol. The summed E-state index contributed by atoms with van der Waals surface area (Å²) >= 11 is 0. The molecule has 0 amide bonds. The molecule has 0 saturated carbocycles. The van der Waals surface area contributed by atoms with Crippen molar-refractivity contribution in [2.75, 3.05) is 20.3 Å². The topological polar surface area (TPSA) is 116 Å². The Bertz CT molecular complexity index is 1350. The van der Waals surface area contributed by atoms with Gasteiger partial charge in [-0.1, -0.05) is 18.2 Å². The van der Waals surface area contributed by atoms with Gasteiger partial charge in [0.2, 0.25) is 5.43 Å². The molecule has 0 N–H and O–H groups in total. The fourth-order valence-corrected chi connectivity index (χ4v) is 3.12. The highest BCUT2D eigenvalue weighted by Crippen LogP contribution is 2.19. The van der Waals surface area contributed by atoms with Crippen molar-refractivity contribution in [3.8, 4) is 28.9 Å². The van der Waals surface area contributed by atoms with Gasteiger partial charge in [0.05, 0.1) is 36.4 Å². The van der Waals surface area contributed by atoms with Crippen LogP contribution >= 0.6 is 0 Å². The first-order chi connectivity index (χ1) is 16.2. The zero-order valence-electron chi connectivity index (χ0n) is 17.9. The van der Waals surface area contributed by atoms with Crippen molar-refractivity contribution in [3.63, 3.8) is 0 Å². The molecule has 0 aliphatic heterocycles. The van der Waals surface area contributed by atoms with E-state index in [1.807, 2.05) is 24.3 Å². The van der Waals surface area contributed by atoms with Gasteiger partial charge < -0.3 is 9.47 Å². The minimum Gasteiger partial charge on any atom is -0.488 e. The third-order valence-corrected chi connectivity index (χ3v) is 4.74. The summed E-state index contributed by atoms with van der Waals surface area (Å²) in [5, 5.41) is 13.6. The van der Waals surface area contributed by atoms with E-state index in [-0.39, 0.29) is 5.43 Å². The summed E-state index contributed by atoms with van der Waals surface area (Å²) in [6.45, 7) is 0.909. The molecule has 0 fully saturated rings. The summed E-state index contributed by atoms with van der Waals surface area (Å²) in [5.74, 6) is 1.12. The molecule has 0 saturated heterocycles. The Morgan fingerprint density at radius 1 is 1.06 bits per heavy atom. The quantitative estimate of drug-likeness (QED) is 0.384. The van der Waals surface area contributed by atoms with E-state index in [1.165, 1.54) is 12.3 Å². The van der Waals surface area contributed by atoms with E-state index in [4.69, 9.17) is 14.7 Å². The molecule has 1 aromatic carbocycles. The van der Waals surface area contributed by atoms with Crippen LogP contribution in [-0.4, -0.2) is 45.1 Å². The third-order valence-electron chi connectivity index (χ3n) is 4.74. The lowest BCUT2D eigenvalue weighted by atomic mass is 10.1. The normalized spacial score (nSPS) is 10.5. The second kappa shape index (κ2) is 10.3. The summed E-state index contributed by atoms with van der Waals surface area (Å²) in [6, 6.07) is 12.8. The Morgan fingerprint density at radius 3 is 2.70 bits per heavy atom. The molecule has 0 radical (unpaired) electrons. The molecule has 4 aromatic rings. The number of hydrogen-bond acceptors (Lipinski definition) is 8. The molecule has 0 aliphatic carbocycles. The summed E-state index contributed by atoms with van der Waals surface area (Å²) in [4.78, 5) is 25.2. The minimum atomic E-state index is -0.171. The minimum absolute atomic E-state index is 0.171. The van der Waals surface area contributed by atoms with Crippen LogP contribution in [0.1, 0.15) is 16.8 Å². The molecule has 164 valence electrons. The van der Waals surface area contributed by atoms with E-state index < -0.39 is 0 Å². The van der Waals surface area contributed by atoms with Crippen molar-refractivity contribution in [2.24, 2.45) is 0 Å². The second-order valence-corrected chi connectivity index (χ2v) is 7.08. The van der Waals surface area contributed by atoms with Crippen molar-refractivity contribution in [2.45, 2.75) is 6.42 Å². The number of rotatable bonds is 8. The van der Waals surface area contributed by atoms with E-state index in [1.54, 1.807) is 42.6 Å². The van der Waals surface area contributed by atoms with E-state index in [0.717, 1.165) is 11.1 Å². The largest absolute Gasteiger partial charge is 0.488 e. The second-order valence-electron chi connectivity index (χ2n) is 7.08. The molecule has 9 nitrogen and oxygen atoms in total. The van der Waals surface area contributed by atoms with Crippen LogP contribution in [0.25, 0.3) is 17.1 Å². The van der Waals surface area contributed by atoms with Gasteiger partial charge in [-0.15, -0.1) is 0 Å². The smallest absolute Gasteiger partial charge is 0.203 e. The molecule has 0 unspecified atom stereocenters. The van der Waals surface area contributed by atoms with Crippen molar-refractivity contribution in [1.29, 1.82) is 5.26 Å². The number of methoxy groups -OCH3 is 1. The van der Waals surface area contributed by atoms with Gasteiger partial charge >= 0.3 is 0 Å². The first kappa shape index (κ1) is 21.8. The van der Waals surface area contributed by atoms with Gasteiger partial charge in [-0.25, -0.2) is 14.6 Å². The lowest BCUT2D eigenvalue weighted by molar-refractivity contribution is 0.146.